The Hall–Kier alpha value is -1.41. The second kappa shape index (κ2) is 5.56. The van der Waals surface area contributed by atoms with Gasteiger partial charge in [-0.25, -0.2) is 9.18 Å². The van der Waals surface area contributed by atoms with Gasteiger partial charge >= 0.3 is 11.9 Å². The molecule has 4 N–H and O–H groups in total. The maximum Gasteiger partial charge on any atom is 0.342 e. The smallest absolute Gasteiger partial charge is 0.342 e. The van der Waals surface area contributed by atoms with Crippen LogP contribution in [0.25, 0.3) is 0 Å². The SMILES string of the molecule is N[C@]1(C(=O)O)C2C(C[C@H]1OCc1ccc(Cl)c(Cl)c1)[C@]2(F)C(=O)O. The molecule has 6 nitrogen and oxygen atoms in total. The topological polar surface area (TPSA) is 110 Å². The summed E-state index contributed by atoms with van der Waals surface area (Å²) >= 11 is 11.7. The number of carboxylic acids is 2. The number of nitrogens with two attached hydrogens (primary N) is 1. The molecular weight excluding hydrogens is 364 g/mol. The molecule has 5 atom stereocenters. The molecule has 2 fully saturated rings. The number of hydrogen-bond donors (Lipinski definition) is 3. The van der Waals surface area contributed by atoms with E-state index in [-0.39, 0.29) is 13.0 Å². The van der Waals surface area contributed by atoms with Crippen LogP contribution < -0.4 is 5.73 Å². The average molecular weight is 378 g/mol. The number of alkyl halides is 1. The number of aliphatic carboxylic acids is 2. The zero-order valence-electron chi connectivity index (χ0n) is 12.2. The molecule has 0 aliphatic heterocycles. The minimum Gasteiger partial charge on any atom is -0.480 e. The van der Waals surface area contributed by atoms with E-state index in [1.165, 1.54) is 0 Å². The van der Waals surface area contributed by atoms with Crippen molar-refractivity contribution < 1.29 is 28.9 Å². The summed E-state index contributed by atoms with van der Waals surface area (Å²) in [6, 6.07) is 4.79. The third kappa shape index (κ3) is 2.30. The second-order valence-corrected chi connectivity index (χ2v) is 6.99. The van der Waals surface area contributed by atoms with E-state index >= 15 is 0 Å². The summed E-state index contributed by atoms with van der Waals surface area (Å²) in [5.74, 6) is -5.43. The lowest BCUT2D eigenvalue weighted by Gasteiger charge is -2.31. The highest BCUT2D eigenvalue weighted by molar-refractivity contribution is 6.42. The maximum atomic E-state index is 14.4. The summed E-state index contributed by atoms with van der Waals surface area (Å²) in [4.78, 5) is 22.7. The van der Waals surface area contributed by atoms with Crippen LogP contribution in [-0.2, 0) is 20.9 Å². The molecule has 0 amide bonds. The van der Waals surface area contributed by atoms with Gasteiger partial charge in [-0.3, -0.25) is 4.79 Å². The molecule has 24 heavy (non-hydrogen) atoms. The summed E-state index contributed by atoms with van der Waals surface area (Å²) in [5, 5.41) is 19.1. The third-order valence-electron chi connectivity index (χ3n) is 4.93. The van der Waals surface area contributed by atoms with E-state index in [2.05, 4.69) is 0 Å². The molecule has 1 aromatic carbocycles. The highest BCUT2D eigenvalue weighted by atomic mass is 35.5. The number of halogens is 3. The first-order valence-corrected chi connectivity index (χ1v) is 7.89. The monoisotopic (exact) mass is 377 g/mol. The van der Waals surface area contributed by atoms with E-state index in [9.17, 15) is 19.1 Å². The van der Waals surface area contributed by atoms with Crippen molar-refractivity contribution in [3.8, 4) is 0 Å². The summed E-state index contributed by atoms with van der Waals surface area (Å²) < 4.78 is 20.0. The zero-order chi connectivity index (χ0) is 17.9. The Morgan fingerprint density at radius 2 is 1.96 bits per heavy atom. The average Bonchev–Trinajstić information content (AvgIpc) is 2.98. The van der Waals surface area contributed by atoms with Gasteiger partial charge in [0.1, 0.15) is 5.54 Å². The van der Waals surface area contributed by atoms with E-state index in [0.29, 0.717) is 15.6 Å². The fourth-order valence-corrected chi connectivity index (χ4v) is 3.95. The molecule has 2 saturated carbocycles. The molecule has 3 rings (SSSR count). The van der Waals surface area contributed by atoms with Crippen LogP contribution in [-0.4, -0.2) is 39.5 Å². The Labute approximate surface area is 146 Å². The van der Waals surface area contributed by atoms with Crippen molar-refractivity contribution in [1.29, 1.82) is 0 Å². The van der Waals surface area contributed by atoms with Crippen molar-refractivity contribution in [2.75, 3.05) is 0 Å². The van der Waals surface area contributed by atoms with Gasteiger partial charge in [0.05, 0.1) is 22.8 Å². The van der Waals surface area contributed by atoms with Gasteiger partial charge in [-0.15, -0.1) is 0 Å². The van der Waals surface area contributed by atoms with Crippen LogP contribution in [0.1, 0.15) is 12.0 Å². The number of fused-ring (bicyclic) bond motifs is 1. The van der Waals surface area contributed by atoms with E-state index < -0.39 is 41.1 Å². The van der Waals surface area contributed by atoms with E-state index in [0.717, 1.165) is 0 Å². The molecule has 0 spiro atoms. The summed E-state index contributed by atoms with van der Waals surface area (Å²) in [7, 11) is 0. The van der Waals surface area contributed by atoms with E-state index in [1.54, 1.807) is 18.2 Å². The van der Waals surface area contributed by atoms with Gasteiger partial charge in [0.15, 0.2) is 0 Å². The molecule has 2 aliphatic rings. The van der Waals surface area contributed by atoms with Gasteiger partial charge in [-0.1, -0.05) is 29.3 Å². The molecule has 0 aromatic heterocycles. The molecule has 0 bridgehead atoms. The van der Waals surface area contributed by atoms with Gasteiger partial charge in [0.2, 0.25) is 5.67 Å². The number of carboxylic acid groups (broad SMARTS) is 2. The lowest BCUT2D eigenvalue weighted by atomic mass is 9.88. The molecule has 2 aliphatic carbocycles. The minimum atomic E-state index is -2.60. The Morgan fingerprint density at radius 1 is 1.29 bits per heavy atom. The number of hydrogen-bond acceptors (Lipinski definition) is 4. The molecular formula is C15H14Cl2FNO5. The van der Waals surface area contributed by atoms with Crippen molar-refractivity contribution in [2.45, 2.75) is 30.3 Å². The number of carbonyl (C=O) groups is 2. The van der Waals surface area contributed by atoms with Gasteiger partial charge < -0.3 is 20.7 Å². The van der Waals surface area contributed by atoms with Crippen LogP contribution in [0.3, 0.4) is 0 Å². The number of benzene rings is 1. The second-order valence-electron chi connectivity index (χ2n) is 6.18. The summed E-state index contributed by atoms with van der Waals surface area (Å²) in [6.45, 7) is -0.000414. The molecule has 9 heteroatoms. The predicted molar refractivity (Wildman–Crippen MR) is 82.7 cm³/mol. The van der Waals surface area contributed by atoms with E-state index in [4.69, 9.17) is 38.8 Å². The van der Waals surface area contributed by atoms with Gasteiger partial charge in [0, 0.05) is 11.8 Å². The normalized spacial score (nSPS) is 37.1. The minimum absolute atomic E-state index is 0.000414. The summed E-state index contributed by atoms with van der Waals surface area (Å²) in [6.07, 6.45) is -1.07. The highest BCUT2D eigenvalue weighted by Gasteiger charge is 2.85. The Kier molecular flexibility index (Phi) is 4.03. The number of rotatable bonds is 5. The predicted octanol–water partition coefficient (Wildman–Crippen LogP) is 2.10. The van der Waals surface area contributed by atoms with Crippen molar-refractivity contribution in [1.82, 2.24) is 0 Å². The van der Waals surface area contributed by atoms with E-state index in [1.807, 2.05) is 0 Å². The standard InChI is InChI=1S/C15H14Cl2FNO5/c16-8-2-1-6(3-9(8)17)5-24-10-4-7-11(14(7,18)12(20)21)15(10,19)13(22)23/h1-3,7,10-11H,4-5,19H2,(H,20,21)(H,22,23)/t7?,10-,11?,14-,15+/m1/s1. The van der Waals surface area contributed by atoms with Crippen molar-refractivity contribution in [3.05, 3.63) is 33.8 Å². The van der Waals surface area contributed by atoms with Gasteiger partial charge in [-0.05, 0) is 24.1 Å². The van der Waals surface area contributed by atoms with Crippen LogP contribution >= 0.6 is 23.2 Å². The molecule has 0 heterocycles. The van der Waals surface area contributed by atoms with Crippen molar-refractivity contribution in [2.24, 2.45) is 17.6 Å². The first-order valence-electron chi connectivity index (χ1n) is 7.13. The van der Waals surface area contributed by atoms with Crippen LogP contribution in [0.2, 0.25) is 10.0 Å². The third-order valence-corrected chi connectivity index (χ3v) is 5.67. The lowest BCUT2D eigenvalue weighted by molar-refractivity contribution is -0.156. The van der Waals surface area contributed by atoms with Crippen molar-refractivity contribution in [3.63, 3.8) is 0 Å². The first-order chi connectivity index (χ1) is 11.1. The highest BCUT2D eigenvalue weighted by Crippen LogP contribution is 2.67. The zero-order valence-corrected chi connectivity index (χ0v) is 13.7. The van der Waals surface area contributed by atoms with Crippen LogP contribution in [0.15, 0.2) is 18.2 Å². The largest absolute Gasteiger partial charge is 0.480 e. The van der Waals surface area contributed by atoms with Crippen LogP contribution in [0.5, 0.6) is 0 Å². The molecule has 2 unspecified atom stereocenters. The quantitative estimate of drug-likeness (QED) is 0.724. The Bertz CT molecular complexity index is 732. The van der Waals surface area contributed by atoms with Crippen LogP contribution in [0.4, 0.5) is 4.39 Å². The number of ether oxygens (including phenoxy) is 1. The molecule has 130 valence electrons. The molecule has 1 aromatic rings. The van der Waals surface area contributed by atoms with Gasteiger partial charge in [-0.2, -0.15) is 0 Å². The lowest BCUT2D eigenvalue weighted by Crippen LogP contribution is -2.60. The Morgan fingerprint density at radius 3 is 2.50 bits per heavy atom. The fourth-order valence-electron chi connectivity index (χ4n) is 3.63. The molecule has 0 radical (unpaired) electrons. The Balaban J connectivity index is 1.76. The fraction of sp³-hybridized carbons (Fsp3) is 0.467. The molecule has 0 saturated heterocycles. The first kappa shape index (κ1) is 17.4. The summed E-state index contributed by atoms with van der Waals surface area (Å²) in [5.41, 5.74) is 1.84. The van der Waals surface area contributed by atoms with Crippen LogP contribution in [0, 0.1) is 11.8 Å². The van der Waals surface area contributed by atoms with Crippen molar-refractivity contribution >= 4 is 35.1 Å². The van der Waals surface area contributed by atoms with Gasteiger partial charge in [0.25, 0.3) is 0 Å². The maximum absolute atomic E-state index is 14.4.